The second-order valence-corrected chi connectivity index (χ2v) is 16.8. The van der Waals surface area contributed by atoms with Gasteiger partial charge in [-0.2, -0.15) is 52.7 Å². The summed E-state index contributed by atoms with van der Waals surface area (Å²) < 4.78 is 152. The number of carbonyl (C=O) groups is 2. The Morgan fingerprint density at radius 2 is 0.986 bits per heavy atom. The number of nitrogens with one attached hydrogen (secondary N) is 3. The SMILES string of the molecule is NC(=O)C(c1cccnc1)N1CCN2CCC[C@@H]2C1.NNc1cc(C(F)(F)F)cc(C(F)(F)F)c1.O=C(NNc1cc(C(F)(F)F)cc(C(F)(F)F)c1)C(c1cccnc1)N1CCN2CCC[C@@H]2C1. The molecule has 4 aliphatic heterocycles. The van der Waals surface area contributed by atoms with E-state index in [1.807, 2.05) is 17.0 Å². The number of amides is 2. The second-order valence-electron chi connectivity index (χ2n) is 16.8. The van der Waals surface area contributed by atoms with Crippen LogP contribution >= 0.6 is 0 Å². The minimum Gasteiger partial charge on any atom is -0.368 e. The number of aromatic nitrogens is 2. The van der Waals surface area contributed by atoms with Crippen molar-refractivity contribution in [1.82, 2.24) is 35.0 Å². The molecule has 2 aromatic heterocycles. The summed E-state index contributed by atoms with van der Waals surface area (Å²) in [6.07, 6.45) is -8.57. The molecule has 7 N–H and O–H groups in total. The minimum absolute atomic E-state index is 0.0286. The molecule has 0 spiro atoms. The van der Waals surface area contributed by atoms with E-state index in [0.29, 0.717) is 55.0 Å². The van der Waals surface area contributed by atoms with Crippen LogP contribution < -0.4 is 27.9 Å². The molecule has 69 heavy (non-hydrogen) atoms. The topological polar surface area (TPSA) is 161 Å². The zero-order chi connectivity index (χ0) is 50.3. The number of carbonyl (C=O) groups excluding carboxylic acids is 2. The highest BCUT2D eigenvalue weighted by molar-refractivity contribution is 5.84. The van der Waals surface area contributed by atoms with E-state index in [1.165, 1.54) is 25.6 Å². The summed E-state index contributed by atoms with van der Waals surface area (Å²) in [6.45, 7) is 7.05. The fourth-order valence-corrected chi connectivity index (χ4v) is 8.93. The molecule has 8 rings (SSSR count). The molecule has 2 aromatic carbocycles. The lowest BCUT2D eigenvalue weighted by Crippen LogP contribution is -2.54. The van der Waals surface area contributed by atoms with Crippen molar-refractivity contribution in [2.45, 2.75) is 74.6 Å². The molecule has 6 heterocycles. The highest BCUT2D eigenvalue weighted by atomic mass is 19.4. The second kappa shape index (κ2) is 21.9. The van der Waals surface area contributed by atoms with Gasteiger partial charge in [0.15, 0.2) is 0 Å². The number of hydrogen-bond acceptors (Lipinski definition) is 11. The van der Waals surface area contributed by atoms with E-state index >= 15 is 0 Å². The summed E-state index contributed by atoms with van der Waals surface area (Å²) in [4.78, 5) is 42.2. The molecule has 4 atom stereocenters. The Kier molecular flexibility index (Phi) is 16.7. The zero-order valence-corrected chi connectivity index (χ0v) is 36.6. The molecule has 0 bridgehead atoms. The van der Waals surface area contributed by atoms with Crippen LogP contribution in [0.5, 0.6) is 0 Å². The van der Waals surface area contributed by atoms with Crippen LogP contribution in [0.4, 0.5) is 64.1 Å². The van der Waals surface area contributed by atoms with Crippen molar-refractivity contribution in [3.63, 3.8) is 0 Å². The third-order valence-corrected chi connectivity index (χ3v) is 12.2. The monoisotopic (exact) mass is 991 g/mol. The number of alkyl halides is 12. The number of nitrogen functional groups attached to an aromatic ring is 1. The molecule has 13 nitrogen and oxygen atoms in total. The van der Waals surface area contributed by atoms with Gasteiger partial charge in [0.05, 0.1) is 27.9 Å². The molecule has 0 radical (unpaired) electrons. The van der Waals surface area contributed by atoms with Crippen LogP contribution in [0.2, 0.25) is 0 Å². The van der Waals surface area contributed by atoms with Gasteiger partial charge < -0.3 is 11.2 Å². The number of rotatable bonds is 9. The number of hydrogen-bond donors (Lipinski definition) is 5. The Balaban J connectivity index is 0.000000188. The third-order valence-electron chi connectivity index (χ3n) is 12.2. The molecular formula is C44H49F12N11O2. The standard InChI is InChI=1S/C22H23F6N5O.C14H20N4O.C8H6F6N2/c23-21(24,25)15-9-16(22(26,27)28)11-17(10-15)30-31-20(34)19(14-3-1-5-29-12-14)33-8-7-32-6-2-4-18(32)13-33;15-14(19)13(11-3-1-5-16-9-11)18-8-7-17-6-2-4-12(17)10-18;9-7(10,11)4-1-5(8(12,13)14)3-6(2-4)16-15/h1,3,5,9-12,18-19,30H,2,4,6-8,13H2,(H,31,34);1,3,5,9,12-13H,2,4,6-8,10H2,(H2,15,19);1-3,16H,15H2/t18-,19?;12-,13?;/m11./s1. The van der Waals surface area contributed by atoms with Crippen molar-refractivity contribution in [1.29, 1.82) is 0 Å². The molecule has 4 fully saturated rings. The number of anilines is 2. The predicted octanol–water partition coefficient (Wildman–Crippen LogP) is 7.48. The first-order valence-electron chi connectivity index (χ1n) is 21.6. The number of nitrogens with zero attached hydrogens (tertiary/aromatic N) is 6. The van der Waals surface area contributed by atoms with E-state index in [9.17, 15) is 62.3 Å². The minimum atomic E-state index is -4.99. The van der Waals surface area contributed by atoms with Gasteiger partial charge in [0.1, 0.15) is 12.1 Å². The molecule has 4 aliphatic rings. The van der Waals surface area contributed by atoms with Gasteiger partial charge in [0, 0.05) is 81.8 Å². The molecular weight excluding hydrogens is 943 g/mol. The summed E-state index contributed by atoms with van der Waals surface area (Å²) in [5, 5.41) is 0. The van der Waals surface area contributed by atoms with Crippen LogP contribution in [0.3, 0.4) is 0 Å². The van der Waals surface area contributed by atoms with Gasteiger partial charge in [-0.3, -0.25) is 55.9 Å². The van der Waals surface area contributed by atoms with Gasteiger partial charge in [-0.05, 0) is 98.4 Å². The summed E-state index contributed by atoms with van der Waals surface area (Å²) in [5.74, 6) is 3.91. The number of benzene rings is 2. The average molecular weight is 992 g/mol. The van der Waals surface area contributed by atoms with E-state index in [4.69, 9.17) is 11.6 Å². The number of pyridine rings is 2. The number of nitrogens with two attached hydrogens (primary N) is 2. The maximum Gasteiger partial charge on any atom is 0.416 e. The summed E-state index contributed by atoms with van der Waals surface area (Å²) in [5.41, 5.74) is 6.66. The van der Waals surface area contributed by atoms with Gasteiger partial charge in [-0.15, -0.1) is 0 Å². The van der Waals surface area contributed by atoms with Crippen LogP contribution in [-0.2, 0) is 34.3 Å². The van der Waals surface area contributed by atoms with E-state index in [1.54, 1.807) is 36.1 Å². The first-order chi connectivity index (χ1) is 32.4. The van der Waals surface area contributed by atoms with E-state index in [-0.39, 0.29) is 24.1 Å². The van der Waals surface area contributed by atoms with Crippen LogP contribution in [0.1, 0.15) is 71.1 Å². The van der Waals surface area contributed by atoms with Crippen molar-refractivity contribution >= 4 is 23.2 Å². The fraction of sp³-hybridized carbons (Fsp3) is 0.455. The fourth-order valence-electron chi connectivity index (χ4n) is 8.93. The van der Waals surface area contributed by atoms with Crippen LogP contribution in [0, 0.1) is 0 Å². The Labute approximate surface area is 388 Å². The Bertz CT molecular complexity index is 2270. The van der Waals surface area contributed by atoms with Gasteiger partial charge in [-0.25, -0.2) is 0 Å². The van der Waals surface area contributed by atoms with Gasteiger partial charge in [0.2, 0.25) is 5.91 Å². The van der Waals surface area contributed by atoms with Crippen molar-refractivity contribution in [2.75, 3.05) is 63.2 Å². The van der Waals surface area contributed by atoms with E-state index in [2.05, 4.69) is 35.5 Å². The number of halogens is 12. The van der Waals surface area contributed by atoms with Crippen molar-refractivity contribution < 1.29 is 62.3 Å². The highest BCUT2D eigenvalue weighted by Crippen LogP contribution is 2.39. The normalized spacial score (nSPS) is 20.2. The molecule has 4 aromatic rings. The molecule has 376 valence electrons. The Morgan fingerprint density at radius 1 is 0.580 bits per heavy atom. The van der Waals surface area contributed by atoms with Crippen LogP contribution in [-0.4, -0.2) is 106 Å². The van der Waals surface area contributed by atoms with Crippen molar-refractivity contribution in [3.8, 4) is 0 Å². The quantitative estimate of drug-likeness (QED) is 0.0643. The smallest absolute Gasteiger partial charge is 0.368 e. The average Bonchev–Trinajstić information content (AvgIpc) is 3.98. The molecule has 0 aliphatic carbocycles. The van der Waals surface area contributed by atoms with Gasteiger partial charge in [-0.1, -0.05) is 12.1 Å². The first kappa shape index (κ1) is 52.6. The maximum absolute atomic E-state index is 13.2. The molecule has 0 saturated carbocycles. The highest BCUT2D eigenvalue weighted by Gasteiger charge is 2.41. The lowest BCUT2D eigenvalue weighted by Gasteiger charge is -2.41. The number of hydrazine groups is 2. The maximum atomic E-state index is 13.2. The van der Waals surface area contributed by atoms with Gasteiger partial charge >= 0.3 is 24.7 Å². The lowest BCUT2D eigenvalue weighted by molar-refractivity contribution is -0.144. The van der Waals surface area contributed by atoms with Crippen LogP contribution in [0.25, 0.3) is 0 Å². The third kappa shape index (κ3) is 14.0. The van der Waals surface area contributed by atoms with E-state index in [0.717, 1.165) is 51.1 Å². The zero-order valence-electron chi connectivity index (χ0n) is 36.6. The number of fused-ring (bicyclic) bond motifs is 2. The molecule has 25 heteroatoms. The largest absolute Gasteiger partial charge is 0.416 e. The number of piperazine rings is 2. The summed E-state index contributed by atoms with van der Waals surface area (Å²) in [6, 6.07) is 9.00. The Morgan fingerprint density at radius 3 is 1.36 bits per heavy atom. The van der Waals surface area contributed by atoms with Gasteiger partial charge in [0.25, 0.3) is 5.91 Å². The predicted molar refractivity (Wildman–Crippen MR) is 228 cm³/mol. The molecule has 2 amide bonds. The Hall–Kier alpha value is -5.76. The van der Waals surface area contributed by atoms with Crippen molar-refractivity contribution in [3.05, 3.63) is 119 Å². The summed E-state index contributed by atoms with van der Waals surface area (Å²) in [7, 11) is 0. The first-order valence-corrected chi connectivity index (χ1v) is 21.6. The van der Waals surface area contributed by atoms with E-state index < -0.39 is 70.3 Å². The van der Waals surface area contributed by atoms with Crippen LogP contribution in [0.15, 0.2) is 85.5 Å². The summed E-state index contributed by atoms with van der Waals surface area (Å²) >= 11 is 0. The number of primary amides is 1. The molecule has 2 unspecified atom stereocenters. The molecule has 4 saturated heterocycles. The lowest BCUT2D eigenvalue weighted by atomic mass is 10.0. The van der Waals surface area contributed by atoms with Crippen molar-refractivity contribution in [2.24, 2.45) is 11.6 Å².